The molecule has 0 bridgehead atoms. The number of rotatable bonds is 8. The molecule has 25 heavy (non-hydrogen) atoms. The maximum Gasteiger partial charge on any atom is 0.243 e. The van der Waals surface area contributed by atoms with Crippen LogP contribution in [-0.2, 0) is 26.0 Å². The highest BCUT2D eigenvalue weighted by Crippen LogP contribution is 2.20. The van der Waals surface area contributed by atoms with Crippen molar-refractivity contribution in [3.63, 3.8) is 0 Å². The third-order valence-corrected chi connectivity index (χ3v) is 5.84. The summed E-state index contributed by atoms with van der Waals surface area (Å²) in [6.07, 6.45) is -0.634. The zero-order valence-electron chi connectivity index (χ0n) is 15.1. The second-order valence-corrected chi connectivity index (χ2v) is 7.94. The Bertz CT molecular complexity index is 772. The van der Waals surface area contributed by atoms with Crippen molar-refractivity contribution >= 4 is 23.3 Å². The van der Waals surface area contributed by atoms with Gasteiger partial charge in [-0.25, -0.2) is 8.42 Å². The summed E-state index contributed by atoms with van der Waals surface area (Å²) in [5, 5.41) is 0. The maximum atomic E-state index is 13.1. The number of aryl methyl sites for hydroxylation is 1. The summed E-state index contributed by atoms with van der Waals surface area (Å²) in [6, 6.07) is 14.6. The van der Waals surface area contributed by atoms with E-state index < -0.39 is 16.3 Å². The normalized spacial score (nSPS) is 12.0. The van der Waals surface area contributed by atoms with Crippen molar-refractivity contribution in [2.45, 2.75) is 24.7 Å². The Balaban J connectivity index is 2.35. The third kappa shape index (κ3) is 5.15. The van der Waals surface area contributed by atoms with Gasteiger partial charge in [-0.2, -0.15) is 4.31 Å². The highest BCUT2D eigenvalue weighted by atomic mass is 32.2. The Hall–Kier alpha value is -1.67. The van der Waals surface area contributed by atoms with Crippen LogP contribution >= 0.6 is 0 Å². The number of benzene rings is 2. The molecule has 2 aromatic rings. The average Bonchev–Trinajstić information content (AvgIpc) is 2.60. The smallest absolute Gasteiger partial charge is 0.243 e. The molecule has 0 radical (unpaired) electrons. The molecule has 0 aliphatic heterocycles. The minimum absolute atomic E-state index is 0.108. The van der Waals surface area contributed by atoms with Crippen LogP contribution in [0.2, 0.25) is 0 Å². The molecule has 0 saturated heterocycles. The van der Waals surface area contributed by atoms with Gasteiger partial charge in [0.15, 0.2) is 6.29 Å². The average molecular weight is 361 g/mol. The van der Waals surface area contributed by atoms with E-state index in [0.29, 0.717) is 0 Å². The number of nitrogens with zero attached hydrogens (tertiary/aromatic N) is 1. The van der Waals surface area contributed by atoms with E-state index >= 15 is 0 Å². The quantitative estimate of drug-likeness (QED) is 0.521. The van der Waals surface area contributed by atoms with Gasteiger partial charge in [-0.1, -0.05) is 47.4 Å². The Morgan fingerprint density at radius 2 is 1.56 bits per heavy atom. The Morgan fingerprint density at radius 1 is 1.00 bits per heavy atom. The fourth-order valence-corrected chi connectivity index (χ4v) is 3.83. The molecule has 2 aromatic carbocycles. The largest absolute Gasteiger partial charge is 0.354 e. The van der Waals surface area contributed by atoms with Gasteiger partial charge in [0, 0.05) is 20.8 Å². The predicted octanol–water partition coefficient (Wildman–Crippen LogP) is 1.06. The number of sulfonamides is 1. The van der Waals surface area contributed by atoms with Gasteiger partial charge in [-0.05, 0) is 24.6 Å². The van der Waals surface area contributed by atoms with Crippen molar-refractivity contribution in [1.29, 1.82) is 0 Å². The van der Waals surface area contributed by atoms with Crippen molar-refractivity contribution in [2.75, 3.05) is 20.8 Å². The van der Waals surface area contributed by atoms with Crippen molar-refractivity contribution < 1.29 is 17.9 Å². The van der Waals surface area contributed by atoms with Crippen molar-refractivity contribution in [1.82, 2.24) is 4.31 Å². The summed E-state index contributed by atoms with van der Waals surface area (Å²) in [4.78, 5) is 0.260. The summed E-state index contributed by atoms with van der Waals surface area (Å²) in [7, 11) is 1.32. The van der Waals surface area contributed by atoms with Gasteiger partial charge in [-0.15, -0.1) is 0 Å². The van der Waals surface area contributed by atoms with Gasteiger partial charge in [0.2, 0.25) is 10.0 Å². The van der Waals surface area contributed by atoms with E-state index in [1.54, 1.807) is 24.3 Å². The van der Waals surface area contributed by atoms with Crippen LogP contribution in [0.15, 0.2) is 53.4 Å². The van der Waals surface area contributed by atoms with Gasteiger partial charge in [0.05, 0.1) is 11.4 Å². The van der Waals surface area contributed by atoms with Crippen molar-refractivity contribution in [2.24, 2.45) is 0 Å². The predicted molar refractivity (Wildman–Crippen MR) is 101 cm³/mol. The number of hydrogen-bond acceptors (Lipinski definition) is 4. The molecule has 5 nitrogen and oxygen atoms in total. The number of hydrogen-bond donors (Lipinski definition) is 0. The van der Waals surface area contributed by atoms with E-state index in [2.05, 4.69) is 0 Å². The molecule has 0 atom stereocenters. The summed E-state index contributed by atoms with van der Waals surface area (Å²) < 4.78 is 38.0. The monoisotopic (exact) mass is 361 g/mol. The van der Waals surface area contributed by atoms with E-state index in [4.69, 9.17) is 9.47 Å². The molecule has 0 unspecified atom stereocenters. The molecule has 0 amide bonds. The lowest BCUT2D eigenvalue weighted by Crippen LogP contribution is -2.38. The first kappa shape index (κ1) is 19.7. The Kier molecular flexibility index (Phi) is 6.78. The maximum absolute atomic E-state index is 13.1. The minimum Gasteiger partial charge on any atom is -0.354 e. The van der Waals surface area contributed by atoms with Crippen LogP contribution in [-0.4, -0.2) is 47.6 Å². The molecular weight excluding hydrogens is 337 g/mol. The summed E-state index contributed by atoms with van der Waals surface area (Å²) >= 11 is 0. The highest BCUT2D eigenvalue weighted by molar-refractivity contribution is 7.89. The van der Waals surface area contributed by atoms with Gasteiger partial charge in [-0.3, -0.25) is 0 Å². The van der Waals surface area contributed by atoms with Crippen LogP contribution in [0.1, 0.15) is 11.1 Å². The summed E-state index contributed by atoms with van der Waals surface area (Å²) in [6.45, 7) is 2.28. The summed E-state index contributed by atoms with van der Waals surface area (Å²) in [5.41, 5.74) is 3.05. The van der Waals surface area contributed by atoms with Gasteiger partial charge in [0.1, 0.15) is 7.85 Å². The molecular formula is C18H24BNO4S. The van der Waals surface area contributed by atoms with Crippen LogP contribution in [0.25, 0.3) is 0 Å². The van der Waals surface area contributed by atoms with Gasteiger partial charge in [0.25, 0.3) is 0 Å². The van der Waals surface area contributed by atoms with Crippen LogP contribution in [0.4, 0.5) is 0 Å². The second-order valence-electron chi connectivity index (χ2n) is 6.00. The number of methoxy groups -OCH3 is 2. The fraction of sp³-hybridized carbons (Fsp3) is 0.333. The second kappa shape index (κ2) is 8.62. The zero-order valence-corrected chi connectivity index (χ0v) is 15.9. The molecule has 2 rings (SSSR count). The third-order valence-electron chi connectivity index (χ3n) is 4.02. The number of ether oxygens (including phenoxy) is 2. The van der Waals surface area contributed by atoms with Gasteiger partial charge < -0.3 is 9.47 Å². The molecule has 0 aliphatic carbocycles. The molecule has 0 fully saturated rings. The highest BCUT2D eigenvalue weighted by Gasteiger charge is 2.27. The first-order chi connectivity index (χ1) is 11.9. The molecule has 0 aromatic heterocycles. The van der Waals surface area contributed by atoms with E-state index in [1.165, 1.54) is 18.5 Å². The van der Waals surface area contributed by atoms with E-state index in [-0.39, 0.29) is 18.0 Å². The molecule has 0 saturated carbocycles. The topological polar surface area (TPSA) is 55.8 Å². The van der Waals surface area contributed by atoms with E-state index in [0.717, 1.165) is 16.6 Å². The van der Waals surface area contributed by atoms with E-state index in [9.17, 15) is 8.42 Å². The van der Waals surface area contributed by atoms with Crippen molar-refractivity contribution in [3.05, 3.63) is 59.7 Å². The Labute approximate surface area is 151 Å². The van der Waals surface area contributed by atoms with Gasteiger partial charge >= 0.3 is 0 Å². The molecule has 0 heterocycles. The standard InChI is InChI=1S/C18H24BNO4S/c1-14-4-10-17(11-5-14)25(21,22)20(13-18(23-2)24-3)12-15-6-8-16(19)9-7-15/h4-11,18H,12-13,19H2,1-3H3. The first-order valence-corrected chi connectivity index (χ1v) is 9.48. The molecule has 0 aliphatic rings. The van der Waals surface area contributed by atoms with Crippen LogP contribution < -0.4 is 5.46 Å². The molecule has 0 N–H and O–H groups in total. The van der Waals surface area contributed by atoms with Crippen LogP contribution in [0, 0.1) is 6.92 Å². The van der Waals surface area contributed by atoms with E-state index in [1.807, 2.05) is 39.0 Å². The van der Waals surface area contributed by atoms with Crippen molar-refractivity contribution in [3.8, 4) is 0 Å². The lowest BCUT2D eigenvalue weighted by molar-refractivity contribution is -0.108. The molecule has 7 heteroatoms. The lowest BCUT2D eigenvalue weighted by Gasteiger charge is -2.26. The SMILES string of the molecule is Bc1ccc(CN(CC(OC)OC)S(=O)(=O)c2ccc(C)cc2)cc1. The Morgan fingerprint density at radius 3 is 2.08 bits per heavy atom. The lowest BCUT2D eigenvalue weighted by atomic mass is 9.95. The summed E-state index contributed by atoms with van der Waals surface area (Å²) in [5.74, 6) is 0. The first-order valence-electron chi connectivity index (χ1n) is 8.04. The molecule has 134 valence electrons. The fourth-order valence-electron chi connectivity index (χ4n) is 2.42. The van der Waals surface area contributed by atoms with Crippen LogP contribution in [0.5, 0.6) is 0 Å². The van der Waals surface area contributed by atoms with Crippen LogP contribution in [0.3, 0.4) is 0 Å². The minimum atomic E-state index is -3.67. The molecule has 0 spiro atoms. The zero-order chi connectivity index (χ0) is 18.4.